The van der Waals surface area contributed by atoms with Gasteiger partial charge in [-0.05, 0) is 90.2 Å². The van der Waals surface area contributed by atoms with Crippen LogP contribution in [-0.2, 0) is 70.4 Å². The number of hydrogen-bond acceptors (Lipinski definition) is 13. The number of benzene rings is 2. The van der Waals surface area contributed by atoms with Gasteiger partial charge in [-0.15, -0.1) is 0 Å². The van der Waals surface area contributed by atoms with Crippen molar-refractivity contribution in [1.29, 1.82) is 0 Å². The van der Waals surface area contributed by atoms with E-state index in [4.69, 9.17) is 0 Å². The van der Waals surface area contributed by atoms with E-state index in [2.05, 4.69) is 21.3 Å². The molecule has 12 amide bonds. The Morgan fingerprint density at radius 1 is 0.562 bits per heavy atom. The van der Waals surface area contributed by atoms with Gasteiger partial charge in [0.1, 0.15) is 66.5 Å². The van der Waals surface area contributed by atoms with E-state index in [1.54, 1.807) is 86.3 Å². The van der Waals surface area contributed by atoms with Gasteiger partial charge in [-0.3, -0.25) is 57.5 Å². The maximum Gasteiger partial charge on any atom is 0.248 e. The smallest absolute Gasteiger partial charge is 0.248 e. The zero-order valence-electron chi connectivity index (χ0n) is 55.1. The minimum Gasteiger partial charge on any atom is -0.391 e. The maximum atomic E-state index is 15.3. The van der Waals surface area contributed by atoms with E-state index in [1.807, 2.05) is 13.8 Å². The first-order valence-corrected chi connectivity index (χ1v) is 30.8. The Balaban J connectivity index is 1.89. The van der Waals surface area contributed by atoms with Crippen LogP contribution in [-0.4, -0.2) is 250 Å². The zero-order chi connectivity index (χ0) is 67.0. The quantitative estimate of drug-likeness (QED) is 0.186. The summed E-state index contributed by atoms with van der Waals surface area (Å²) in [5, 5.41) is 21.7. The standard InChI is InChI=1S/C64H98N12O13/c1-37(2)33-49-61(86)70(12)40(6)54(79)66-47(60(85)73(15)48(34-45-27-21-18-22-28-45)57(82)65-39(5)58(83)76-31-25-20-26-32-76)36-51(78)69(11)43(9)59(84)74(16)50(35-46-29-23-19-24-30-46)62(87)71(13)41(7)56(81)68-53(44(10)77)64(89)72(14)42(8)55(80)67-52(38(3)4)63(88)75(49)17/h18-19,21-24,27-30,37-44,47-50,52-53,77H,20,25-26,31-36H2,1-17H3,(H,65,82)(H,66,79)(H,67,80)(H,68,81)/t39-,40-,41-,42-,43-,44+,47-,48-,49-,50-,52-,53-/m0/s1. The molecule has 2 aliphatic rings. The first kappa shape index (κ1) is 73.5. The number of amides is 12. The highest BCUT2D eigenvalue weighted by Crippen LogP contribution is 2.22. The molecule has 0 aliphatic carbocycles. The molecule has 5 N–H and O–H groups in total. The van der Waals surface area contributed by atoms with Crippen molar-refractivity contribution in [2.45, 2.75) is 187 Å². The van der Waals surface area contributed by atoms with Gasteiger partial charge in [0.15, 0.2) is 0 Å². The Morgan fingerprint density at radius 2 is 1.01 bits per heavy atom. The fourth-order valence-electron chi connectivity index (χ4n) is 10.8. The van der Waals surface area contributed by atoms with Crippen molar-refractivity contribution in [3.8, 4) is 0 Å². The Kier molecular flexibility index (Phi) is 27.3. The van der Waals surface area contributed by atoms with Crippen LogP contribution in [0.5, 0.6) is 0 Å². The van der Waals surface area contributed by atoms with Gasteiger partial charge >= 0.3 is 0 Å². The van der Waals surface area contributed by atoms with Crippen LogP contribution in [0.4, 0.5) is 0 Å². The van der Waals surface area contributed by atoms with E-state index in [0.717, 1.165) is 48.7 Å². The van der Waals surface area contributed by atoms with Gasteiger partial charge in [0.05, 0.1) is 12.5 Å². The highest BCUT2D eigenvalue weighted by molar-refractivity contribution is 6.00. The second-order valence-electron chi connectivity index (χ2n) is 24.8. The zero-order valence-corrected chi connectivity index (χ0v) is 55.1. The highest BCUT2D eigenvalue weighted by atomic mass is 16.3. The van der Waals surface area contributed by atoms with Crippen LogP contribution in [0.3, 0.4) is 0 Å². The Labute approximate surface area is 524 Å². The van der Waals surface area contributed by atoms with Crippen LogP contribution in [0, 0.1) is 11.8 Å². The van der Waals surface area contributed by atoms with Gasteiger partial charge in [-0.2, -0.15) is 0 Å². The number of carbonyl (C=O) groups excluding carboxylic acids is 12. The molecule has 2 saturated heterocycles. The summed E-state index contributed by atoms with van der Waals surface area (Å²) in [6.07, 6.45) is 0.205. The third-order valence-corrected chi connectivity index (χ3v) is 17.5. The van der Waals surface area contributed by atoms with Crippen molar-refractivity contribution in [2.75, 3.05) is 62.4 Å². The molecular formula is C64H98N12O13. The van der Waals surface area contributed by atoms with Crippen LogP contribution in [0.2, 0.25) is 0 Å². The summed E-state index contributed by atoms with van der Waals surface area (Å²) in [5.41, 5.74) is 1.26. The molecule has 2 heterocycles. The lowest BCUT2D eigenvalue weighted by Gasteiger charge is -2.38. The van der Waals surface area contributed by atoms with Crippen LogP contribution >= 0.6 is 0 Å². The molecule has 492 valence electrons. The van der Waals surface area contributed by atoms with Gasteiger partial charge < -0.3 is 65.6 Å². The van der Waals surface area contributed by atoms with Gasteiger partial charge in [0.2, 0.25) is 70.9 Å². The SMILES string of the molecule is CC(C)C[C@H]1C(=O)N(C)[C@@H](C)C(=O)N[C@H](C(=O)N(C)[C@@H](Cc2ccccc2)C(=O)N[C@@H](C)C(=O)N2CCCCC2)CC(=O)N(C)[C@@H](C)C(=O)N(C)[C@@H](Cc2ccccc2)C(=O)N(C)[C@@H](C)C(=O)N[C@@H]([C@@H](C)O)C(=O)N(C)[C@@H](C)C(=O)N[C@@H](C(C)C)C(=O)N1C. The van der Waals surface area contributed by atoms with Crippen LogP contribution in [0.1, 0.15) is 112 Å². The minimum absolute atomic E-state index is 0.0654. The number of hydrogen-bond donors (Lipinski definition) is 5. The first-order valence-electron chi connectivity index (χ1n) is 30.8. The van der Waals surface area contributed by atoms with E-state index in [0.29, 0.717) is 24.2 Å². The molecule has 0 radical (unpaired) electrons. The summed E-state index contributed by atoms with van der Waals surface area (Å²) >= 11 is 0. The normalized spacial score (nSPS) is 25.5. The third-order valence-electron chi connectivity index (χ3n) is 17.5. The minimum atomic E-state index is -1.77. The molecule has 2 aromatic carbocycles. The van der Waals surface area contributed by atoms with E-state index < -0.39 is 150 Å². The van der Waals surface area contributed by atoms with Crippen molar-refractivity contribution in [1.82, 2.24) is 60.5 Å². The fourth-order valence-corrected chi connectivity index (χ4v) is 10.8. The summed E-state index contributed by atoms with van der Waals surface area (Å²) < 4.78 is 0. The molecular weight excluding hydrogens is 1140 g/mol. The number of aliphatic hydroxyl groups is 1. The van der Waals surface area contributed by atoms with Gasteiger partial charge in [0.25, 0.3) is 0 Å². The molecule has 2 fully saturated rings. The predicted octanol–water partition coefficient (Wildman–Crippen LogP) is 0.799. The number of likely N-dealkylation sites (N-methyl/N-ethyl adjacent to an activating group) is 7. The molecule has 0 saturated carbocycles. The molecule has 0 aromatic heterocycles. The lowest BCUT2D eigenvalue weighted by Crippen LogP contribution is -2.62. The van der Waals surface area contributed by atoms with Crippen LogP contribution in [0.15, 0.2) is 60.7 Å². The van der Waals surface area contributed by atoms with Crippen molar-refractivity contribution in [2.24, 2.45) is 11.8 Å². The molecule has 25 nitrogen and oxygen atoms in total. The average molecular weight is 1240 g/mol. The lowest BCUT2D eigenvalue weighted by atomic mass is 9.97. The molecule has 2 aliphatic heterocycles. The largest absolute Gasteiger partial charge is 0.391 e. The van der Waals surface area contributed by atoms with Crippen molar-refractivity contribution in [3.63, 3.8) is 0 Å². The van der Waals surface area contributed by atoms with Crippen molar-refractivity contribution >= 4 is 70.9 Å². The van der Waals surface area contributed by atoms with E-state index >= 15 is 4.79 Å². The Bertz CT molecular complexity index is 2830. The summed E-state index contributed by atoms with van der Waals surface area (Å²) in [4.78, 5) is 184. The number of aliphatic hydroxyl groups excluding tert-OH is 1. The molecule has 2 aromatic rings. The molecule has 25 heteroatoms. The van der Waals surface area contributed by atoms with E-state index in [-0.39, 0.29) is 31.1 Å². The second-order valence-corrected chi connectivity index (χ2v) is 24.8. The summed E-state index contributed by atoms with van der Waals surface area (Å²) in [5.74, 6) is -9.91. The van der Waals surface area contributed by atoms with Crippen LogP contribution in [0.25, 0.3) is 0 Å². The number of carbonyl (C=O) groups is 12. The van der Waals surface area contributed by atoms with Gasteiger partial charge in [-0.25, -0.2) is 0 Å². The Hall–Kier alpha value is -7.96. The second kappa shape index (κ2) is 33.0. The van der Waals surface area contributed by atoms with Crippen molar-refractivity contribution < 1.29 is 62.6 Å². The topological polar surface area (TPSA) is 299 Å². The number of nitrogens with zero attached hydrogens (tertiary/aromatic N) is 8. The van der Waals surface area contributed by atoms with Crippen LogP contribution < -0.4 is 21.3 Å². The first-order chi connectivity index (χ1) is 41.6. The summed E-state index contributed by atoms with van der Waals surface area (Å²) in [6, 6.07) is 2.54. The molecule has 0 spiro atoms. The number of piperidine rings is 1. The molecule has 4 rings (SSSR count). The Morgan fingerprint density at radius 3 is 1.51 bits per heavy atom. The average Bonchev–Trinajstić information content (AvgIpc) is 3.65. The van der Waals surface area contributed by atoms with E-state index in [9.17, 15) is 57.8 Å². The molecule has 12 atom stereocenters. The molecule has 89 heavy (non-hydrogen) atoms. The predicted molar refractivity (Wildman–Crippen MR) is 333 cm³/mol. The lowest BCUT2D eigenvalue weighted by molar-refractivity contribution is -0.152. The van der Waals surface area contributed by atoms with E-state index in [1.165, 1.54) is 88.9 Å². The maximum absolute atomic E-state index is 15.3. The van der Waals surface area contributed by atoms with Gasteiger partial charge in [-0.1, -0.05) is 88.4 Å². The molecule has 0 unspecified atom stereocenters. The molecule has 0 bridgehead atoms. The summed E-state index contributed by atoms with van der Waals surface area (Å²) in [7, 11) is 9.33. The monoisotopic (exact) mass is 1240 g/mol. The number of nitrogens with one attached hydrogen (secondary N) is 4. The third kappa shape index (κ3) is 19.0. The highest BCUT2D eigenvalue weighted by Gasteiger charge is 2.43. The number of likely N-dealkylation sites (tertiary alicyclic amines) is 1. The van der Waals surface area contributed by atoms with Gasteiger partial charge in [0, 0.05) is 75.3 Å². The summed E-state index contributed by atoms with van der Waals surface area (Å²) in [6.45, 7) is 16.4. The van der Waals surface area contributed by atoms with Crippen molar-refractivity contribution in [3.05, 3.63) is 71.8 Å². The fraction of sp³-hybridized carbons (Fsp3) is 0.625. The number of rotatable bonds is 13.